The zero-order valence-electron chi connectivity index (χ0n) is 9.54. The second-order valence-electron chi connectivity index (χ2n) is 4.36. The van der Waals surface area contributed by atoms with Crippen LogP contribution in [0.4, 0.5) is 0 Å². The molecular weight excluding hydrogens is 273 g/mol. The Kier molecular flexibility index (Phi) is 3.74. The lowest BCUT2D eigenvalue weighted by Gasteiger charge is -2.21. The van der Waals surface area contributed by atoms with Gasteiger partial charge in [-0.3, -0.25) is 4.79 Å². The van der Waals surface area contributed by atoms with Gasteiger partial charge in [-0.25, -0.2) is 4.98 Å². The Morgan fingerprint density at radius 1 is 1.33 bits per heavy atom. The predicted molar refractivity (Wildman–Crippen MR) is 68.5 cm³/mol. The molecule has 1 N–H and O–H groups in total. The first kappa shape index (κ1) is 13.1. The lowest BCUT2D eigenvalue weighted by atomic mass is 9.99. The minimum absolute atomic E-state index is 0.157. The fourth-order valence-electron chi connectivity index (χ4n) is 2.13. The van der Waals surface area contributed by atoms with Crippen LogP contribution in [0.3, 0.4) is 0 Å². The molecule has 1 amide bonds. The van der Waals surface area contributed by atoms with Crippen LogP contribution in [0.2, 0.25) is 10.3 Å². The molecule has 0 radical (unpaired) electrons. The van der Waals surface area contributed by atoms with Crippen molar-refractivity contribution in [1.82, 2.24) is 10.3 Å². The molecule has 6 heteroatoms. The summed E-state index contributed by atoms with van der Waals surface area (Å²) in [5, 5.41) is 12.3. The van der Waals surface area contributed by atoms with Gasteiger partial charge >= 0.3 is 0 Å². The van der Waals surface area contributed by atoms with Gasteiger partial charge in [0.2, 0.25) is 0 Å². The van der Waals surface area contributed by atoms with Crippen LogP contribution in [-0.4, -0.2) is 16.4 Å². The molecule has 94 valence electrons. The second kappa shape index (κ2) is 5.13. The Labute approximate surface area is 115 Å². The summed E-state index contributed by atoms with van der Waals surface area (Å²) in [5.41, 5.74) is -0.430. The van der Waals surface area contributed by atoms with Crippen molar-refractivity contribution >= 4 is 29.1 Å². The molecule has 4 nitrogen and oxygen atoms in total. The maximum absolute atomic E-state index is 12.1. The fraction of sp³-hybridized carbons (Fsp3) is 0.417. The highest BCUT2D eigenvalue weighted by Gasteiger charge is 2.35. The monoisotopic (exact) mass is 283 g/mol. The number of carbonyl (C=O) groups excluding carboxylic acids is 1. The molecule has 1 aliphatic rings. The van der Waals surface area contributed by atoms with E-state index in [9.17, 15) is 10.1 Å². The molecule has 1 heterocycles. The zero-order valence-corrected chi connectivity index (χ0v) is 11.1. The van der Waals surface area contributed by atoms with E-state index in [4.69, 9.17) is 23.2 Å². The molecule has 0 unspecified atom stereocenters. The van der Waals surface area contributed by atoms with Crippen LogP contribution in [0, 0.1) is 11.3 Å². The van der Waals surface area contributed by atoms with Crippen LogP contribution < -0.4 is 5.32 Å². The van der Waals surface area contributed by atoms with Crippen LogP contribution in [0.5, 0.6) is 0 Å². The molecule has 0 bridgehead atoms. The van der Waals surface area contributed by atoms with E-state index in [1.165, 1.54) is 12.1 Å². The standard InChI is InChI=1S/C12H11Cl2N3O/c13-9-5-8(6-10(14)16-9)11(18)17-12(7-15)3-1-2-4-12/h5-6H,1-4H2,(H,17,18). The normalized spacial score (nSPS) is 17.2. The highest BCUT2D eigenvalue weighted by molar-refractivity contribution is 6.33. The SMILES string of the molecule is N#CC1(NC(=O)c2cc(Cl)nc(Cl)c2)CCCC1. The first-order chi connectivity index (χ1) is 8.54. The molecule has 1 aromatic rings. The number of rotatable bonds is 2. The van der Waals surface area contributed by atoms with Gasteiger partial charge in [0.25, 0.3) is 5.91 Å². The summed E-state index contributed by atoms with van der Waals surface area (Å²) in [5.74, 6) is -0.343. The summed E-state index contributed by atoms with van der Waals surface area (Å²) in [7, 11) is 0. The van der Waals surface area contributed by atoms with E-state index in [1.807, 2.05) is 0 Å². The van der Waals surface area contributed by atoms with E-state index in [0.29, 0.717) is 18.4 Å². The van der Waals surface area contributed by atoms with Crippen molar-refractivity contribution in [1.29, 1.82) is 5.26 Å². The molecule has 0 aliphatic heterocycles. The molecule has 1 fully saturated rings. The van der Waals surface area contributed by atoms with Crippen LogP contribution in [-0.2, 0) is 0 Å². The molecule has 0 atom stereocenters. The van der Waals surface area contributed by atoms with Crippen molar-refractivity contribution in [3.05, 3.63) is 28.0 Å². The van der Waals surface area contributed by atoms with Gasteiger partial charge in [0.05, 0.1) is 6.07 Å². The average Bonchev–Trinajstić information content (AvgIpc) is 2.77. The Bertz CT molecular complexity index is 498. The van der Waals surface area contributed by atoms with Crippen molar-refractivity contribution in [2.45, 2.75) is 31.2 Å². The molecule has 18 heavy (non-hydrogen) atoms. The summed E-state index contributed by atoms with van der Waals surface area (Å²) >= 11 is 11.5. The quantitative estimate of drug-likeness (QED) is 0.849. The van der Waals surface area contributed by atoms with Gasteiger partial charge < -0.3 is 5.32 Å². The highest BCUT2D eigenvalue weighted by atomic mass is 35.5. The zero-order chi connectivity index (χ0) is 13.2. The summed E-state index contributed by atoms with van der Waals surface area (Å²) in [6.45, 7) is 0. The number of nitriles is 1. The molecule has 0 saturated heterocycles. The number of hydrogen-bond acceptors (Lipinski definition) is 3. The molecule has 1 saturated carbocycles. The van der Waals surface area contributed by atoms with E-state index in [0.717, 1.165) is 12.8 Å². The van der Waals surface area contributed by atoms with Crippen LogP contribution in [0.25, 0.3) is 0 Å². The number of aromatic nitrogens is 1. The molecular formula is C12H11Cl2N3O. The third kappa shape index (κ3) is 2.74. The van der Waals surface area contributed by atoms with Crippen molar-refractivity contribution in [3.8, 4) is 6.07 Å². The number of amides is 1. The molecule has 0 spiro atoms. The van der Waals surface area contributed by atoms with E-state index >= 15 is 0 Å². The van der Waals surface area contributed by atoms with Gasteiger partial charge in [0.15, 0.2) is 0 Å². The van der Waals surface area contributed by atoms with Gasteiger partial charge in [-0.1, -0.05) is 23.2 Å². The number of nitrogens with one attached hydrogen (secondary N) is 1. The third-order valence-corrected chi connectivity index (χ3v) is 3.44. The van der Waals surface area contributed by atoms with E-state index in [-0.39, 0.29) is 16.2 Å². The van der Waals surface area contributed by atoms with Gasteiger partial charge in [-0.2, -0.15) is 5.26 Å². The van der Waals surface area contributed by atoms with Crippen molar-refractivity contribution in [2.24, 2.45) is 0 Å². The number of halogens is 2. The maximum Gasteiger partial charge on any atom is 0.252 e. The summed E-state index contributed by atoms with van der Waals surface area (Å²) < 4.78 is 0. The summed E-state index contributed by atoms with van der Waals surface area (Å²) in [6.07, 6.45) is 3.26. The summed E-state index contributed by atoms with van der Waals surface area (Å²) in [6, 6.07) is 5.06. The second-order valence-corrected chi connectivity index (χ2v) is 5.13. The fourth-order valence-corrected chi connectivity index (χ4v) is 2.59. The van der Waals surface area contributed by atoms with Gasteiger partial charge in [-0.15, -0.1) is 0 Å². The third-order valence-electron chi connectivity index (χ3n) is 3.05. The lowest BCUT2D eigenvalue weighted by Crippen LogP contribution is -2.45. The van der Waals surface area contributed by atoms with E-state index in [1.54, 1.807) is 0 Å². The predicted octanol–water partition coefficient (Wildman–Crippen LogP) is 2.95. The smallest absolute Gasteiger partial charge is 0.252 e. The molecule has 2 rings (SSSR count). The van der Waals surface area contributed by atoms with Crippen molar-refractivity contribution < 1.29 is 4.79 Å². The average molecular weight is 284 g/mol. The number of carbonyl (C=O) groups is 1. The van der Waals surface area contributed by atoms with Gasteiger partial charge in [0.1, 0.15) is 15.8 Å². The highest BCUT2D eigenvalue weighted by Crippen LogP contribution is 2.29. The van der Waals surface area contributed by atoms with Crippen LogP contribution in [0.15, 0.2) is 12.1 Å². The van der Waals surface area contributed by atoms with E-state index < -0.39 is 5.54 Å². The Balaban J connectivity index is 2.19. The Hall–Kier alpha value is -1.31. The van der Waals surface area contributed by atoms with Crippen LogP contribution in [0.1, 0.15) is 36.0 Å². The molecule has 0 aromatic carbocycles. The topological polar surface area (TPSA) is 65.8 Å². The molecule has 1 aliphatic carbocycles. The van der Waals surface area contributed by atoms with E-state index in [2.05, 4.69) is 16.4 Å². The lowest BCUT2D eigenvalue weighted by molar-refractivity contribution is 0.0920. The van der Waals surface area contributed by atoms with Crippen molar-refractivity contribution in [2.75, 3.05) is 0 Å². The number of nitrogens with zero attached hydrogens (tertiary/aromatic N) is 2. The summed E-state index contributed by atoms with van der Waals surface area (Å²) in [4.78, 5) is 15.8. The number of pyridine rings is 1. The Morgan fingerprint density at radius 2 is 1.89 bits per heavy atom. The number of hydrogen-bond donors (Lipinski definition) is 1. The van der Waals surface area contributed by atoms with Crippen molar-refractivity contribution in [3.63, 3.8) is 0 Å². The first-order valence-corrected chi connectivity index (χ1v) is 6.37. The van der Waals surface area contributed by atoms with Crippen LogP contribution >= 0.6 is 23.2 Å². The van der Waals surface area contributed by atoms with Gasteiger partial charge in [0, 0.05) is 5.56 Å². The minimum Gasteiger partial charge on any atom is -0.334 e. The largest absolute Gasteiger partial charge is 0.334 e. The minimum atomic E-state index is -0.751. The molecule has 1 aromatic heterocycles. The Morgan fingerprint density at radius 3 is 2.39 bits per heavy atom. The maximum atomic E-state index is 12.1. The first-order valence-electron chi connectivity index (χ1n) is 5.61. The van der Waals surface area contributed by atoms with Gasteiger partial charge in [-0.05, 0) is 37.8 Å².